The Morgan fingerprint density at radius 3 is 2.92 bits per heavy atom. The van der Waals surface area contributed by atoms with Crippen LogP contribution in [-0.4, -0.2) is 50.5 Å². The Morgan fingerprint density at radius 2 is 2.28 bits per heavy atom. The monoisotopic (exact) mass is 399 g/mol. The molecule has 2 aliphatic heterocycles. The molecule has 6 nitrogen and oxygen atoms in total. The minimum absolute atomic E-state index is 0.0600. The van der Waals surface area contributed by atoms with Crippen LogP contribution in [0.15, 0.2) is 39.4 Å². The largest absolute Gasteiger partial charge is 0.477 e. The summed E-state index contributed by atoms with van der Waals surface area (Å²) in [5.41, 5.74) is 0.0600. The Bertz CT molecular complexity index is 738. The molecule has 1 fully saturated rings. The summed E-state index contributed by atoms with van der Waals surface area (Å²) in [6.07, 6.45) is 5.28. The average Bonchev–Trinajstić information content (AvgIpc) is 2.89. The predicted molar refractivity (Wildman–Crippen MR) is 98.9 cm³/mol. The number of fused-ring (bicyclic) bond motifs is 1. The summed E-state index contributed by atoms with van der Waals surface area (Å²) in [6, 6.07) is 4.03. The van der Waals surface area contributed by atoms with E-state index in [0.29, 0.717) is 9.99 Å². The van der Waals surface area contributed by atoms with Gasteiger partial charge in [-0.1, -0.05) is 11.8 Å². The molecule has 2 N–H and O–H groups in total. The Balaban J connectivity index is 1.67. The zero-order valence-electron chi connectivity index (χ0n) is 13.8. The average molecular weight is 400 g/mol. The van der Waals surface area contributed by atoms with Gasteiger partial charge in [0, 0.05) is 6.07 Å². The molecule has 0 saturated carbocycles. The van der Waals surface area contributed by atoms with E-state index in [4.69, 9.17) is 0 Å². The summed E-state index contributed by atoms with van der Waals surface area (Å²) in [6.45, 7) is 2.32. The molecule has 0 aromatic carbocycles. The summed E-state index contributed by atoms with van der Waals surface area (Å²) in [5, 5.41) is 18.9. The van der Waals surface area contributed by atoms with Crippen LogP contribution in [-0.2, 0) is 16.1 Å². The molecule has 134 valence electrons. The van der Waals surface area contributed by atoms with Crippen molar-refractivity contribution in [2.75, 3.05) is 12.0 Å². The molecule has 9 heteroatoms. The fourth-order valence-electron chi connectivity index (χ4n) is 2.85. The van der Waals surface area contributed by atoms with Crippen LogP contribution in [0.1, 0.15) is 6.92 Å². The van der Waals surface area contributed by atoms with Crippen molar-refractivity contribution in [2.45, 2.75) is 29.8 Å². The first-order valence-electron chi connectivity index (χ1n) is 7.75. The van der Waals surface area contributed by atoms with E-state index >= 15 is 0 Å². The molecule has 0 radical (unpaired) electrons. The second-order valence-corrected chi connectivity index (χ2v) is 9.12. The third-order valence-electron chi connectivity index (χ3n) is 4.12. The van der Waals surface area contributed by atoms with Crippen molar-refractivity contribution in [2.24, 2.45) is 5.92 Å². The number of aryl methyl sites for hydroxylation is 1. The number of carboxylic acids is 1. The maximum atomic E-state index is 12.2. The van der Waals surface area contributed by atoms with Gasteiger partial charge in [0.15, 0.2) is 24.6 Å². The van der Waals surface area contributed by atoms with Gasteiger partial charge in [0.05, 0.1) is 26.9 Å². The summed E-state index contributed by atoms with van der Waals surface area (Å²) < 4.78 is 2.72. The second-order valence-electron chi connectivity index (χ2n) is 5.75. The third kappa shape index (κ3) is 3.55. The number of nitrogens with zero attached hydrogens (tertiary/aromatic N) is 2. The summed E-state index contributed by atoms with van der Waals surface area (Å²) in [7, 11) is 0. The van der Waals surface area contributed by atoms with Crippen molar-refractivity contribution >= 4 is 47.2 Å². The van der Waals surface area contributed by atoms with Crippen LogP contribution in [0, 0.1) is 5.92 Å². The highest BCUT2D eigenvalue weighted by Gasteiger charge is 2.57. The number of amides is 1. The van der Waals surface area contributed by atoms with Crippen LogP contribution in [0.4, 0.5) is 0 Å². The summed E-state index contributed by atoms with van der Waals surface area (Å²) >= 11 is 4.50. The van der Waals surface area contributed by atoms with Crippen molar-refractivity contribution in [3.8, 4) is 0 Å². The van der Waals surface area contributed by atoms with Crippen LogP contribution < -0.4 is 4.57 Å². The Labute approximate surface area is 158 Å². The number of pyridine rings is 1. The number of rotatable bonds is 7. The van der Waals surface area contributed by atoms with Gasteiger partial charge in [-0.2, -0.15) is 0 Å². The number of carboxylic acid groups (broad SMARTS) is 1. The number of aliphatic hydroxyl groups excluding tert-OH is 1. The topological polar surface area (TPSA) is 81.7 Å². The molecule has 3 atom stereocenters. The first kappa shape index (κ1) is 18.6. The van der Waals surface area contributed by atoms with Crippen LogP contribution in [0.25, 0.3) is 0 Å². The third-order valence-corrected chi connectivity index (χ3v) is 7.47. The van der Waals surface area contributed by atoms with E-state index in [-0.39, 0.29) is 17.0 Å². The van der Waals surface area contributed by atoms with Gasteiger partial charge < -0.3 is 10.2 Å². The van der Waals surface area contributed by atoms with Gasteiger partial charge in [-0.15, -0.1) is 23.5 Å². The normalized spacial score (nSPS) is 23.5. The van der Waals surface area contributed by atoms with Gasteiger partial charge in [-0.05, 0) is 19.2 Å². The number of aromatic nitrogens is 1. The minimum Gasteiger partial charge on any atom is -0.477 e. The van der Waals surface area contributed by atoms with Crippen LogP contribution in [0.5, 0.6) is 0 Å². The van der Waals surface area contributed by atoms with Gasteiger partial charge in [-0.25, -0.2) is 9.36 Å². The number of aliphatic hydroxyl groups is 1. The van der Waals surface area contributed by atoms with E-state index in [1.54, 1.807) is 18.7 Å². The number of hydrogen-bond acceptors (Lipinski definition) is 6. The van der Waals surface area contributed by atoms with Crippen molar-refractivity contribution in [3.05, 3.63) is 34.5 Å². The van der Waals surface area contributed by atoms with Crippen molar-refractivity contribution < 1.29 is 24.4 Å². The number of β-lactam (4-membered cyclic amide) rings is 1. The first-order valence-corrected chi connectivity index (χ1v) is 10.8. The lowest BCUT2D eigenvalue weighted by Crippen LogP contribution is -2.60. The maximum absolute atomic E-state index is 12.2. The highest BCUT2D eigenvalue weighted by Crippen LogP contribution is 2.53. The number of aliphatic carboxylic acids is 1. The molecule has 1 saturated heterocycles. The molecule has 3 rings (SSSR count). The van der Waals surface area contributed by atoms with Crippen molar-refractivity contribution in [1.29, 1.82) is 0 Å². The van der Waals surface area contributed by atoms with Gasteiger partial charge in [-0.3, -0.25) is 9.69 Å². The zero-order valence-corrected chi connectivity index (χ0v) is 16.2. The molecule has 1 amide bonds. The summed E-state index contributed by atoms with van der Waals surface area (Å²) in [4.78, 5) is 26.2. The van der Waals surface area contributed by atoms with E-state index in [9.17, 15) is 19.8 Å². The Kier molecular flexibility index (Phi) is 5.67. The highest BCUT2D eigenvalue weighted by atomic mass is 32.2. The molecule has 1 aromatic heterocycles. The van der Waals surface area contributed by atoms with Crippen molar-refractivity contribution in [1.82, 2.24) is 4.90 Å². The van der Waals surface area contributed by atoms with Crippen LogP contribution >= 0.6 is 35.3 Å². The van der Waals surface area contributed by atoms with E-state index in [1.165, 1.54) is 33.3 Å². The lowest BCUT2D eigenvalue weighted by molar-refractivity contribution is -0.694. The lowest BCUT2D eigenvalue weighted by atomic mass is 9.92. The molecule has 0 aliphatic carbocycles. The molecule has 0 unspecified atom stereocenters. The van der Waals surface area contributed by atoms with E-state index in [2.05, 4.69) is 10.8 Å². The molecular weight excluding hydrogens is 380 g/mol. The number of thioether (sulfide) groups is 3. The van der Waals surface area contributed by atoms with Crippen LogP contribution in [0.3, 0.4) is 0 Å². The Morgan fingerprint density at radius 1 is 1.52 bits per heavy atom. The predicted octanol–water partition coefficient (Wildman–Crippen LogP) is 1.59. The van der Waals surface area contributed by atoms with E-state index in [1.807, 2.05) is 24.6 Å². The molecule has 3 heterocycles. The fourth-order valence-corrected chi connectivity index (χ4v) is 6.26. The smallest absolute Gasteiger partial charge is 0.354 e. The molecular formula is C16H19N2O4S3+. The zero-order chi connectivity index (χ0) is 18.1. The van der Waals surface area contributed by atoms with Gasteiger partial charge in [0.1, 0.15) is 5.37 Å². The van der Waals surface area contributed by atoms with E-state index in [0.717, 1.165) is 6.54 Å². The number of carbonyl (C=O) groups is 2. The quantitative estimate of drug-likeness (QED) is 0.409. The summed E-state index contributed by atoms with van der Waals surface area (Å²) in [5.74, 6) is -1.21. The van der Waals surface area contributed by atoms with Gasteiger partial charge in [0.2, 0.25) is 5.91 Å². The lowest BCUT2D eigenvalue weighted by Gasteiger charge is -2.43. The molecule has 25 heavy (non-hydrogen) atoms. The van der Waals surface area contributed by atoms with Crippen molar-refractivity contribution in [3.63, 3.8) is 0 Å². The molecule has 2 aliphatic rings. The van der Waals surface area contributed by atoms with E-state index < -0.39 is 18.0 Å². The van der Waals surface area contributed by atoms with Gasteiger partial charge in [0.25, 0.3) is 0 Å². The first-order chi connectivity index (χ1) is 11.9. The minimum atomic E-state index is -1.09. The molecule has 0 spiro atoms. The number of hydrogen-bond donors (Lipinski definition) is 2. The SMILES string of the molecule is CSc1ccc[n+](CCSC2=C(C(=O)O)N3C(=O)[C@H]([C@@H](C)O)[C@H]3S2)c1. The Hall–Kier alpha value is -1.16. The fraction of sp³-hybridized carbons (Fsp3) is 0.438. The standard InChI is InChI=1S/C16H18N2O4S3/c1-9(19)11-13(20)18-12(15(21)22)16(25-14(11)18)24-7-6-17-5-3-4-10(8-17)23-2/h3-5,8-9,11,14,19H,6-7H2,1-2H3/p+1/t9-,11+,14-/m1/s1. The molecule has 1 aromatic rings. The molecule has 0 bridgehead atoms. The number of carbonyl (C=O) groups excluding carboxylic acids is 1. The maximum Gasteiger partial charge on any atom is 0.354 e. The second kappa shape index (κ2) is 7.61. The van der Waals surface area contributed by atoms with Crippen LogP contribution in [0.2, 0.25) is 0 Å². The highest BCUT2D eigenvalue weighted by molar-refractivity contribution is 8.22. The van der Waals surface area contributed by atoms with Gasteiger partial charge >= 0.3 is 5.97 Å².